The van der Waals surface area contributed by atoms with E-state index in [0.29, 0.717) is 31.8 Å². The van der Waals surface area contributed by atoms with E-state index >= 15 is 0 Å². The maximum Gasteiger partial charge on any atom is 0.306 e. The van der Waals surface area contributed by atoms with E-state index in [4.69, 9.17) is 5.11 Å². The van der Waals surface area contributed by atoms with E-state index in [9.17, 15) is 14.4 Å². The van der Waals surface area contributed by atoms with Crippen LogP contribution >= 0.6 is 0 Å². The molecule has 0 aliphatic heterocycles. The van der Waals surface area contributed by atoms with Gasteiger partial charge in [0.1, 0.15) is 0 Å². The lowest BCUT2D eigenvalue weighted by molar-refractivity contribution is -0.141. The second-order valence-corrected chi connectivity index (χ2v) is 5.43. The fourth-order valence-corrected chi connectivity index (χ4v) is 2.42. The molecule has 6 heteroatoms. The number of hydrogen-bond donors (Lipinski definition) is 3. The van der Waals surface area contributed by atoms with Crippen LogP contribution in [0.3, 0.4) is 0 Å². The Morgan fingerprint density at radius 3 is 2.32 bits per heavy atom. The van der Waals surface area contributed by atoms with Crippen molar-refractivity contribution in [1.82, 2.24) is 10.6 Å². The smallest absolute Gasteiger partial charge is 0.306 e. The summed E-state index contributed by atoms with van der Waals surface area (Å²) in [5.41, 5.74) is 0. The summed E-state index contributed by atoms with van der Waals surface area (Å²) in [4.78, 5) is 34.0. The van der Waals surface area contributed by atoms with Crippen LogP contribution in [0, 0.1) is 11.8 Å². The fraction of sp³-hybridized carbons (Fsp3) is 0.769. The molecule has 2 unspecified atom stereocenters. The van der Waals surface area contributed by atoms with Gasteiger partial charge in [0.2, 0.25) is 11.8 Å². The van der Waals surface area contributed by atoms with Crippen molar-refractivity contribution in [2.75, 3.05) is 6.54 Å². The Labute approximate surface area is 111 Å². The molecule has 2 amide bonds. The van der Waals surface area contributed by atoms with Crippen molar-refractivity contribution in [3.63, 3.8) is 0 Å². The van der Waals surface area contributed by atoms with Gasteiger partial charge < -0.3 is 15.7 Å². The van der Waals surface area contributed by atoms with Crippen molar-refractivity contribution in [1.29, 1.82) is 0 Å². The van der Waals surface area contributed by atoms with Gasteiger partial charge in [0, 0.05) is 24.9 Å². The van der Waals surface area contributed by atoms with Gasteiger partial charge in [-0.1, -0.05) is 0 Å². The standard InChI is InChI=1S/C13H20N2O4/c16-11(15-10-3-4-10)5-6-14-12(17)8-1-2-9(7-8)13(18)19/h8-10H,1-7H2,(H,14,17)(H,15,16)(H,18,19). The molecule has 2 atom stereocenters. The number of carbonyl (C=O) groups excluding carboxylic acids is 2. The molecule has 2 saturated carbocycles. The van der Waals surface area contributed by atoms with E-state index < -0.39 is 11.9 Å². The van der Waals surface area contributed by atoms with E-state index in [1.54, 1.807) is 0 Å². The molecule has 0 bridgehead atoms. The van der Waals surface area contributed by atoms with E-state index in [2.05, 4.69) is 10.6 Å². The maximum absolute atomic E-state index is 11.8. The molecule has 0 saturated heterocycles. The summed E-state index contributed by atoms with van der Waals surface area (Å²) in [6, 6.07) is 0.342. The molecule has 0 radical (unpaired) electrons. The SMILES string of the molecule is O=C(CCNC(=O)C1CCC(C(=O)O)C1)NC1CC1. The average Bonchev–Trinajstić information content (AvgIpc) is 3.01. The van der Waals surface area contributed by atoms with Crippen molar-refractivity contribution in [2.24, 2.45) is 11.8 Å². The molecule has 2 rings (SSSR count). The normalized spacial score (nSPS) is 25.9. The Balaban J connectivity index is 1.61. The summed E-state index contributed by atoms with van der Waals surface area (Å²) in [6.45, 7) is 0.325. The van der Waals surface area contributed by atoms with Gasteiger partial charge in [-0.2, -0.15) is 0 Å². The number of hydrogen-bond acceptors (Lipinski definition) is 3. The van der Waals surface area contributed by atoms with Gasteiger partial charge in [0.05, 0.1) is 5.92 Å². The molecule has 106 valence electrons. The summed E-state index contributed by atoms with van der Waals surface area (Å²) in [5.74, 6) is -1.58. The fourth-order valence-electron chi connectivity index (χ4n) is 2.42. The molecule has 19 heavy (non-hydrogen) atoms. The summed E-state index contributed by atoms with van der Waals surface area (Å²) < 4.78 is 0. The third kappa shape index (κ3) is 4.22. The van der Waals surface area contributed by atoms with E-state index in [1.807, 2.05) is 0 Å². The van der Waals surface area contributed by atoms with Crippen LogP contribution in [-0.4, -0.2) is 35.5 Å². The van der Waals surface area contributed by atoms with Gasteiger partial charge in [0.15, 0.2) is 0 Å². The zero-order chi connectivity index (χ0) is 13.8. The van der Waals surface area contributed by atoms with Crippen LogP contribution in [0.1, 0.15) is 38.5 Å². The molecular formula is C13H20N2O4. The number of carbonyl (C=O) groups is 3. The van der Waals surface area contributed by atoms with Crippen molar-refractivity contribution in [2.45, 2.75) is 44.6 Å². The van der Waals surface area contributed by atoms with E-state index in [-0.39, 0.29) is 24.2 Å². The van der Waals surface area contributed by atoms with Crippen molar-refractivity contribution >= 4 is 17.8 Å². The average molecular weight is 268 g/mol. The third-order valence-corrected chi connectivity index (χ3v) is 3.75. The lowest BCUT2D eigenvalue weighted by Crippen LogP contribution is -2.34. The van der Waals surface area contributed by atoms with Crippen LogP contribution in [0.4, 0.5) is 0 Å². The monoisotopic (exact) mass is 268 g/mol. The zero-order valence-corrected chi connectivity index (χ0v) is 10.9. The molecule has 0 heterocycles. The Kier molecular flexibility index (Phi) is 4.39. The molecular weight excluding hydrogens is 248 g/mol. The van der Waals surface area contributed by atoms with Gasteiger partial charge in [-0.05, 0) is 32.1 Å². The molecule has 2 fully saturated rings. The summed E-state index contributed by atoms with van der Waals surface area (Å²) in [5, 5.41) is 14.4. The quantitative estimate of drug-likeness (QED) is 0.644. The van der Waals surface area contributed by atoms with Gasteiger partial charge >= 0.3 is 5.97 Å². The summed E-state index contributed by atoms with van der Waals surface area (Å²) >= 11 is 0. The Morgan fingerprint density at radius 1 is 1.05 bits per heavy atom. The minimum absolute atomic E-state index is 0.0300. The van der Waals surface area contributed by atoms with Crippen molar-refractivity contribution < 1.29 is 19.5 Å². The molecule has 0 aromatic rings. The lowest BCUT2D eigenvalue weighted by Gasteiger charge is -2.10. The molecule has 3 N–H and O–H groups in total. The lowest BCUT2D eigenvalue weighted by atomic mass is 10.0. The maximum atomic E-state index is 11.8. The minimum Gasteiger partial charge on any atom is -0.481 e. The Morgan fingerprint density at radius 2 is 1.74 bits per heavy atom. The molecule has 2 aliphatic carbocycles. The largest absolute Gasteiger partial charge is 0.481 e. The number of nitrogens with one attached hydrogen (secondary N) is 2. The van der Waals surface area contributed by atoms with Crippen LogP contribution in [0.2, 0.25) is 0 Å². The first kappa shape index (κ1) is 13.8. The molecule has 0 spiro atoms. The van der Waals surface area contributed by atoms with Crippen LogP contribution in [0.15, 0.2) is 0 Å². The first-order valence-corrected chi connectivity index (χ1v) is 6.86. The first-order valence-electron chi connectivity index (χ1n) is 6.86. The number of carboxylic acids is 1. The first-order chi connectivity index (χ1) is 9.06. The highest BCUT2D eigenvalue weighted by atomic mass is 16.4. The number of amides is 2. The van der Waals surface area contributed by atoms with Gasteiger partial charge in [-0.25, -0.2) is 0 Å². The Bertz CT molecular complexity index is 379. The van der Waals surface area contributed by atoms with Gasteiger partial charge in [-0.3, -0.25) is 14.4 Å². The molecule has 0 aromatic carbocycles. The number of carboxylic acid groups (broad SMARTS) is 1. The van der Waals surface area contributed by atoms with Gasteiger partial charge in [-0.15, -0.1) is 0 Å². The third-order valence-electron chi connectivity index (χ3n) is 3.75. The predicted molar refractivity (Wildman–Crippen MR) is 67.3 cm³/mol. The van der Waals surface area contributed by atoms with E-state index in [0.717, 1.165) is 12.8 Å². The minimum atomic E-state index is -0.820. The second-order valence-electron chi connectivity index (χ2n) is 5.43. The predicted octanol–water partition coefficient (Wildman–Crippen LogP) is 0.272. The second kappa shape index (κ2) is 6.04. The summed E-state index contributed by atoms with van der Waals surface area (Å²) in [6.07, 6.45) is 3.99. The van der Waals surface area contributed by atoms with Crippen LogP contribution < -0.4 is 10.6 Å². The van der Waals surface area contributed by atoms with Crippen molar-refractivity contribution in [3.8, 4) is 0 Å². The summed E-state index contributed by atoms with van der Waals surface area (Å²) in [7, 11) is 0. The highest BCUT2D eigenvalue weighted by Gasteiger charge is 2.33. The molecule has 2 aliphatic rings. The zero-order valence-electron chi connectivity index (χ0n) is 10.9. The van der Waals surface area contributed by atoms with E-state index in [1.165, 1.54) is 0 Å². The van der Waals surface area contributed by atoms with Crippen molar-refractivity contribution in [3.05, 3.63) is 0 Å². The van der Waals surface area contributed by atoms with Crippen LogP contribution in [-0.2, 0) is 14.4 Å². The van der Waals surface area contributed by atoms with Crippen LogP contribution in [0.25, 0.3) is 0 Å². The Hall–Kier alpha value is -1.59. The van der Waals surface area contributed by atoms with Crippen LogP contribution in [0.5, 0.6) is 0 Å². The molecule has 6 nitrogen and oxygen atoms in total. The topological polar surface area (TPSA) is 95.5 Å². The number of aliphatic carboxylic acids is 1. The number of rotatable bonds is 6. The molecule has 0 aromatic heterocycles. The highest BCUT2D eigenvalue weighted by Crippen LogP contribution is 2.31. The highest BCUT2D eigenvalue weighted by molar-refractivity contribution is 5.82. The van der Waals surface area contributed by atoms with Gasteiger partial charge in [0.25, 0.3) is 0 Å².